The van der Waals surface area contributed by atoms with Crippen LogP contribution in [0.1, 0.15) is 35.2 Å². The SMILES string of the molecule is Cc1ccc(CN2CCc3nc(N4CCCC4)[nH]c(=O)c3C2)cc1. The fraction of sp³-hybridized carbons (Fsp3) is 0.474. The van der Waals surface area contributed by atoms with Crippen molar-refractivity contribution in [2.24, 2.45) is 0 Å². The summed E-state index contributed by atoms with van der Waals surface area (Å²) in [6, 6.07) is 8.63. The molecule has 0 bridgehead atoms. The Bertz CT molecular complexity index is 775. The molecule has 0 amide bonds. The summed E-state index contributed by atoms with van der Waals surface area (Å²) in [7, 11) is 0. The van der Waals surface area contributed by atoms with Gasteiger partial charge in [-0.2, -0.15) is 0 Å². The Hall–Kier alpha value is -2.14. The Morgan fingerprint density at radius 1 is 1.12 bits per heavy atom. The molecule has 0 spiro atoms. The van der Waals surface area contributed by atoms with Gasteiger partial charge >= 0.3 is 0 Å². The van der Waals surface area contributed by atoms with Crippen molar-refractivity contribution in [3.8, 4) is 0 Å². The smallest absolute Gasteiger partial charge is 0.257 e. The third kappa shape index (κ3) is 3.08. The molecule has 2 aromatic rings. The third-order valence-electron chi connectivity index (χ3n) is 5.07. The average Bonchev–Trinajstić information content (AvgIpc) is 3.12. The molecule has 0 atom stereocenters. The lowest BCUT2D eigenvalue weighted by atomic mass is 10.1. The number of nitrogens with one attached hydrogen (secondary N) is 1. The molecule has 1 saturated heterocycles. The van der Waals surface area contributed by atoms with E-state index >= 15 is 0 Å². The Kier molecular flexibility index (Phi) is 4.10. The van der Waals surface area contributed by atoms with Crippen LogP contribution in [0, 0.1) is 6.92 Å². The molecule has 0 unspecified atom stereocenters. The van der Waals surface area contributed by atoms with Gasteiger partial charge in [0.2, 0.25) is 5.95 Å². The predicted octanol–water partition coefficient (Wildman–Crippen LogP) is 2.24. The molecule has 5 heteroatoms. The van der Waals surface area contributed by atoms with E-state index in [1.165, 1.54) is 24.0 Å². The Morgan fingerprint density at radius 3 is 2.62 bits per heavy atom. The summed E-state index contributed by atoms with van der Waals surface area (Å²) >= 11 is 0. The van der Waals surface area contributed by atoms with E-state index in [4.69, 9.17) is 4.98 Å². The molecule has 0 aliphatic carbocycles. The van der Waals surface area contributed by atoms with Gasteiger partial charge in [0.25, 0.3) is 5.56 Å². The first-order chi connectivity index (χ1) is 11.7. The van der Waals surface area contributed by atoms with Crippen LogP contribution in [0.25, 0.3) is 0 Å². The van der Waals surface area contributed by atoms with Crippen molar-refractivity contribution in [1.82, 2.24) is 14.9 Å². The van der Waals surface area contributed by atoms with Crippen LogP contribution < -0.4 is 10.5 Å². The summed E-state index contributed by atoms with van der Waals surface area (Å²) in [5.74, 6) is 0.767. The topological polar surface area (TPSA) is 52.2 Å². The van der Waals surface area contributed by atoms with Gasteiger partial charge in [0.1, 0.15) is 0 Å². The van der Waals surface area contributed by atoms with Crippen LogP contribution in [0.15, 0.2) is 29.1 Å². The molecule has 2 aliphatic rings. The van der Waals surface area contributed by atoms with E-state index in [-0.39, 0.29) is 5.56 Å². The number of benzene rings is 1. The number of rotatable bonds is 3. The number of hydrogen-bond acceptors (Lipinski definition) is 4. The molecular weight excluding hydrogens is 300 g/mol. The van der Waals surface area contributed by atoms with Crippen LogP contribution in [0.2, 0.25) is 0 Å². The van der Waals surface area contributed by atoms with Gasteiger partial charge in [-0.05, 0) is 25.3 Å². The summed E-state index contributed by atoms with van der Waals surface area (Å²) in [5.41, 5.74) is 4.44. The number of aromatic amines is 1. The quantitative estimate of drug-likeness (QED) is 0.941. The van der Waals surface area contributed by atoms with E-state index in [0.717, 1.165) is 49.8 Å². The monoisotopic (exact) mass is 324 g/mol. The maximum Gasteiger partial charge on any atom is 0.257 e. The van der Waals surface area contributed by atoms with Crippen LogP contribution in [-0.2, 0) is 19.5 Å². The Balaban J connectivity index is 1.52. The maximum atomic E-state index is 12.5. The normalized spacial score (nSPS) is 18.0. The van der Waals surface area contributed by atoms with Crippen molar-refractivity contribution in [2.75, 3.05) is 24.5 Å². The van der Waals surface area contributed by atoms with Crippen molar-refractivity contribution in [1.29, 1.82) is 0 Å². The minimum absolute atomic E-state index is 0.0375. The Labute approximate surface area is 142 Å². The lowest BCUT2D eigenvalue weighted by molar-refractivity contribution is 0.242. The number of aromatic nitrogens is 2. The molecule has 1 fully saturated rings. The number of aryl methyl sites for hydroxylation is 1. The summed E-state index contributed by atoms with van der Waals surface area (Å²) in [5, 5.41) is 0. The van der Waals surface area contributed by atoms with Crippen molar-refractivity contribution >= 4 is 5.95 Å². The van der Waals surface area contributed by atoms with E-state index in [9.17, 15) is 4.79 Å². The van der Waals surface area contributed by atoms with Gasteiger partial charge in [-0.3, -0.25) is 14.7 Å². The minimum Gasteiger partial charge on any atom is -0.342 e. The van der Waals surface area contributed by atoms with E-state index in [1.54, 1.807) is 0 Å². The highest BCUT2D eigenvalue weighted by Gasteiger charge is 2.23. The van der Waals surface area contributed by atoms with Gasteiger partial charge in [-0.25, -0.2) is 4.98 Å². The number of anilines is 1. The van der Waals surface area contributed by atoms with Gasteiger partial charge < -0.3 is 4.90 Å². The highest BCUT2D eigenvalue weighted by atomic mass is 16.1. The molecule has 126 valence electrons. The molecule has 1 aromatic heterocycles. The van der Waals surface area contributed by atoms with Crippen LogP contribution in [0.3, 0.4) is 0 Å². The number of hydrogen-bond donors (Lipinski definition) is 1. The second-order valence-electron chi connectivity index (χ2n) is 6.96. The second kappa shape index (κ2) is 6.40. The summed E-state index contributed by atoms with van der Waals surface area (Å²) in [6.07, 6.45) is 3.22. The summed E-state index contributed by atoms with van der Waals surface area (Å²) in [4.78, 5) is 24.8. The summed E-state index contributed by atoms with van der Waals surface area (Å²) < 4.78 is 0. The fourth-order valence-corrected chi connectivity index (χ4v) is 3.63. The minimum atomic E-state index is 0.0375. The third-order valence-corrected chi connectivity index (χ3v) is 5.07. The standard InChI is InChI=1S/C19H24N4O/c1-14-4-6-15(7-5-14)12-22-11-8-17-16(13-22)18(24)21-19(20-17)23-9-2-3-10-23/h4-7H,2-3,8-13H2,1H3,(H,20,21,24). The van der Waals surface area contributed by atoms with Crippen LogP contribution in [0.5, 0.6) is 0 Å². The molecule has 1 N–H and O–H groups in total. The maximum absolute atomic E-state index is 12.5. The number of H-pyrrole nitrogens is 1. The highest BCUT2D eigenvalue weighted by Crippen LogP contribution is 2.20. The Morgan fingerprint density at radius 2 is 1.88 bits per heavy atom. The molecular formula is C19H24N4O. The van der Waals surface area contributed by atoms with Gasteiger partial charge in [0.15, 0.2) is 0 Å². The zero-order chi connectivity index (χ0) is 16.5. The number of nitrogens with zero attached hydrogens (tertiary/aromatic N) is 3. The molecule has 1 aromatic carbocycles. The van der Waals surface area contributed by atoms with Crippen LogP contribution in [0.4, 0.5) is 5.95 Å². The predicted molar refractivity (Wildman–Crippen MR) is 95.3 cm³/mol. The molecule has 3 heterocycles. The summed E-state index contributed by atoms with van der Waals surface area (Å²) in [6.45, 7) is 6.63. The zero-order valence-electron chi connectivity index (χ0n) is 14.2. The zero-order valence-corrected chi connectivity index (χ0v) is 14.2. The van der Waals surface area contributed by atoms with E-state index in [1.807, 2.05) is 0 Å². The van der Waals surface area contributed by atoms with Gasteiger partial charge in [-0.15, -0.1) is 0 Å². The van der Waals surface area contributed by atoms with E-state index in [0.29, 0.717) is 6.54 Å². The van der Waals surface area contributed by atoms with Crippen molar-refractivity contribution < 1.29 is 0 Å². The molecule has 24 heavy (non-hydrogen) atoms. The highest BCUT2D eigenvalue weighted by molar-refractivity contribution is 5.35. The lowest BCUT2D eigenvalue weighted by Crippen LogP contribution is -2.36. The van der Waals surface area contributed by atoms with E-state index < -0.39 is 0 Å². The van der Waals surface area contributed by atoms with E-state index in [2.05, 4.69) is 46.0 Å². The van der Waals surface area contributed by atoms with Crippen molar-refractivity contribution in [2.45, 2.75) is 39.3 Å². The van der Waals surface area contributed by atoms with Crippen molar-refractivity contribution in [3.05, 3.63) is 57.0 Å². The molecule has 2 aliphatic heterocycles. The number of fused-ring (bicyclic) bond motifs is 1. The van der Waals surface area contributed by atoms with Gasteiger partial charge in [0, 0.05) is 39.1 Å². The first kappa shape index (κ1) is 15.4. The van der Waals surface area contributed by atoms with Gasteiger partial charge in [-0.1, -0.05) is 29.8 Å². The first-order valence-electron chi connectivity index (χ1n) is 8.84. The molecule has 5 nitrogen and oxygen atoms in total. The first-order valence-corrected chi connectivity index (χ1v) is 8.84. The molecule has 4 rings (SSSR count). The largest absolute Gasteiger partial charge is 0.342 e. The van der Waals surface area contributed by atoms with Crippen LogP contribution in [-0.4, -0.2) is 34.5 Å². The van der Waals surface area contributed by atoms with Crippen molar-refractivity contribution in [3.63, 3.8) is 0 Å². The second-order valence-corrected chi connectivity index (χ2v) is 6.96. The molecule has 0 saturated carbocycles. The van der Waals surface area contributed by atoms with Gasteiger partial charge in [0.05, 0.1) is 11.3 Å². The average molecular weight is 324 g/mol. The van der Waals surface area contributed by atoms with Crippen LogP contribution >= 0.6 is 0 Å². The lowest BCUT2D eigenvalue weighted by Gasteiger charge is -2.28. The fourth-order valence-electron chi connectivity index (χ4n) is 3.63. The molecule has 0 radical (unpaired) electrons.